The Hall–Kier alpha value is -2.74. The monoisotopic (exact) mass is 387 g/mol. The van der Waals surface area contributed by atoms with Crippen molar-refractivity contribution in [1.82, 2.24) is 0 Å². The number of amides is 1. The third-order valence-corrected chi connectivity index (χ3v) is 3.62. The Labute approximate surface area is 151 Å². The molecule has 2 aromatic rings. The van der Waals surface area contributed by atoms with E-state index in [0.29, 0.717) is 6.07 Å². The first kappa shape index (κ1) is 19.6. The SMILES string of the molecule is C[C@@H](OC(=O)c1cccc(O)c1)C(=O)Nc1cc(C(F)(F)F)ccc1Cl. The summed E-state index contributed by atoms with van der Waals surface area (Å²) in [5.41, 5.74) is -1.23. The standard InChI is InChI=1S/C17H13ClF3NO4/c1-9(26-16(25)10-3-2-4-12(23)7-10)15(24)22-14-8-11(17(19,20)21)5-6-13(14)18/h2-9,23H,1H3,(H,22,24)/t9-/m1/s1. The van der Waals surface area contributed by atoms with Gasteiger partial charge in [0, 0.05) is 0 Å². The molecule has 2 N–H and O–H groups in total. The molecule has 1 atom stereocenters. The third-order valence-electron chi connectivity index (χ3n) is 3.29. The Morgan fingerprint density at radius 1 is 1.19 bits per heavy atom. The molecule has 0 aromatic heterocycles. The number of phenolic OH excluding ortho intramolecular Hbond substituents is 1. The highest BCUT2D eigenvalue weighted by molar-refractivity contribution is 6.33. The zero-order chi connectivity index (χ0) is 19.5. The molecule has 0 aliphatic heterocycles. The quantitative estimate of drug-likeness (QED) is 0.769. The van der Waals surface area contributed by atoms with Crippen molar-refractivity contribution in [3.8, 4) is 5.75 Å². The molecule has 0 bridgehead atoms. The first-order valence-corrected chi connectivity index (χ1v) is 7.63. The summed E-state index contributed by atoms with van der Waals surface area (Å²) in [6.07, 6.45) is -5.91. The molecule has 26 heavy (non-hydrogen) atoms. The van der Waals surface area contributed by atoms with Crippen molar-refractivity contribution >= 4 is 29.2 Å². The molecular formula is C17H13ClF3NO4. The third kappa shape index (κ3) is 4.89. The fourth-order valence-electron chi connectivity index (χ4n) is 1.95. The molecule has 0 saturated heterocycles. The largest absolute Gasteiger partial charge is 0.508 e. The minimum Gasteiger partial charge on any atom is -0.508 e. The molecule has 9 heteroatoms. The fraction of sp³-hybridized carbons (Fsp3) is 0.176. The number of phenols is 1. The smallest absolute Gasteiger partial charge is 0.416 e. The van der Waals surface area contributed by atoms with E-state index in [1.54, 1.807) is 0 Å². The lowest BCUT2D eigenvalue weighted by molar-refractivity contribution is -0.137. The number of rotatable bonds is 4. The average Bonchev–Trinajstić information content (AvgIpc) is 2.55. The first-order valence-electron chi connectivity index (χ1n) is 7.25. The van der Waals surface area contributed by atoms with E-state index >= 15 is 0 Å². The lowest BCUT2D eigenvalue weighted by atomic mass is 10.2. The molecule has 0 fully saturated rings. The molecule has 5 nitrogen and oxygen atoms in total. The molecule has 0 spiro atoms. The minimum atomic E-state index is -4.60. The molecule has 0 radical (unpaired) electrons. The van der Waals surface area contributed by atoms with Gasteiger partial charge in [-0.3, -0.25) is 4.79 Å². The molecule has 1 amide bonds. The van der Waals surface area contributed by atoms with Gasteiger partial charge in [-0.1, -0.05) is 17.7 Å². The van der Waals surface area contributed by atoms with Crippen LogP contribution in [-0.2, 0) is 15.7 Å². The van der Waals surface area contributed by atoms with Crippen LogP contribution in [0.15, 0.2) is 42.5 Å². The van der Waals surface area contributed by atoms with Gasteiger partial charge in [0.15, 0.2) is 6.10 Å². The molecule has 2 rings (SSSR count). The van der Waals surface area contributed by atoms with E-state index in [1.807, 2.05) is 0 Å². The summed E-state index contributed by atoms with van der Waals surface area (Å²) < 4.78 is 43.2. The van der Waals surface area contributed by atoms with Gasteiger partial charge in [-0.15, -0.1) is 0 Å². The number of hydrogen-bond acceptors (Lipinski definition) is 4. The summed E-state index contributed by atoms with van der Waals surface area (Å²) in [7, 11) is 0. The van der Waals surface area contributed by atoms with Gasteiger partial charge in [0.05, 0.1) is 21.8 Å². The van der Waals surface area contributed by atoms with Gasteiger partial charge in [0.1, 0.15) is 5.75 Å². The Balaban J connectivity index is 2.08. The number of esters is 1. The van der Waals surface area contributed by atoms with Gasteiger partial charge in [0.2, 0.25) is 0 Å². The molecule has 138 valence electrons. The summed E-state index contributed by atoms with van der Waals surface area (Å²) >= 11 is 5.80. The van der Waals surface area contributed by atoms with E-state index in [4.69, 9.17) is 16.3 Å². The number of hydrogen-bond donors (Lipinski definition) is 2. The van der Waals surface area contributed by atoms with Crippen molar-refractivity contribution in [3.63, 3.8) is 0 Å². The minimum absolute atomic E-state index is 0.0155. The average molecular weight is 388 g/mol. The van der Waals surface area contributed by atoms with Crippen LogP contribution in [0.5, 0.6) is 5.75 Å². The van der Waals surface area contributed by atoms with Crippen molar-refractivity contribution < 1.29 is 32.6 Å². The number of carbonyl (C=O) groups is 2. The molecular weight excluding hydrogens is 375 g/mol. The second kappa shape index (κ2) is 7.65. The lowest BCUT2D eigenvalue weighted by Crippen LogP contribution is -2.30. The van der Waals surface area contributed by atoms with Crippen molar-refractivity contribution in [1.29, 1.82) is 0 Å². The van der Waals surface area contributed by atoms with Gasteiger partial charge in [-0.2, -0.15) is 13.2 Å². The topological polar surface area (TPSA) is 75.6 Å². The van der Waals surface area contributed by atoms with Crippen LogP contribution in [0.1, 0.15) is 22.8 Å². The molecule has 2 aromatic carbocycles. The van der Waals surface area contributed by atoms with Crippen LogP contribution < -0.4 is 5.32 Å². The van der Waals surface area contributed by atoms with Gasteiger partial charge in [-0.25, -0.2) is 4.79 Å². The van der Waals surface area contributed by atoms with Crippen LogP contribution in [-0.4, -0.2) is 23.1 Å². The van der Waals surface area contributed by atoms with Gasteiger partial charge in [-0.05, 0) is 43.3 Å². The van der Waals surface area contributed by atoms with E-state index in [1.165, 1.54) is 25.1 Å². The number of aromatic hydroxyl groups is 1. The van der Waals surface area contributed by atoms with E-state index in [9.17, 15) is 27.9 Å². The second-order valence-corrected chi connectivity index (χ2v) is 5.69. The number of alkyl halides is 3. The predicted molar refractivity (Wildman–Crippen MR) is 88.1 cm³/mol. The van der Waals surface area contributed by atoms with E-state index in [2.05, 4.69) is 5.32 Å². The number of carbonyl (C=O) groups excluding carboxylic acids is 2. The van der Waals surface area contributed by atoms with Crippen molar-refractivity contribution in [2.24, 2.45) is 0 Å². The Bertz CT molecular complexity index is 839. The maximum Gasteiger partial charge on any atom is 0.416 e. The van der Waals surface area contributed by atoms with Gasteiger partial charge in [0.25, 0.3) is 5.91 Å². The lowest BCUT2D eigenvalue weighted by Gasteiger charge is -2.15. The van der Waals surface area contributed by atoms with Crippen molar-refractivity contribution in [2.75, 3.05) is 5.32 Å². The summed E-state index contributed by atoms with van der Waals surface area (Å²) in [5, 5.41) is 11.4. The summed E-state index contributed by atoms with van der Waals surface area (Å²) in [6, 6.07) is 7.76. The van der Waals surface area contributed by atoms with Crippen LogP contribution in [0.3, 0.4) is 0 Å². The maximum atomic E-state index is 12.7. The first-order chi connectivity index (χ1) is 12.1. The maximum absolute atomic E-state index is 12.7. The Morgan fingerprint density at radius 3 is 2.50 bits per heavy atom. The van der Waals surface area contributed by atoms with E-state index in [0.717, 1.165) is 18.2 Å². The molecule has 0 aliphatic rings. The molecule has 0 unspecified atom stereocenters. The number of anilines is 1. The van der Waals surface area contributed by atoms with Crippen LogP contribution in [0.2, 0.25) is 5.02 Å². The van der Waals surface area contributed by atoms with Crippen LogP contribution in [0, 0.1) is 0 Å². The van der Waals surface area contributed by atoms with E-state index < -0.39 is 29.7 Å². The Kier molecular flexibility index (Phi) is 5.76. The molecule has 0 saturated carbocycles. The summed E-state index contributed by atoms with van der Waals surface area (Å²) in [5.74, 6) is -1.90. The van der Waals surface area contributed by atoms with Crippen molar-refractivity contribution in [3.05, 3.63) is 58.6 Å². The zero-order valence-corrected chi connectivity index (χ0v) is 14.1. The van der Waals surface area contributed by atoms with Crippen LogP contribution in [0.4, 0.5) is 18.9 Å². The number of halogens is 4. The van der Waals surface area contributed by atoms with Crippen LogP contribution >= 0.6 is 11.6 Å². The highest BCUT2D eigenvalue weighted by Crippen LogP contribution is 2.33. The number of benzene rings is 2. The van der Waals surface area contributed by atoms with Crippen LogP contribution in [0.25, 0.3) is 0 Å². The normalized spacial score (nSPS) is 12.3. The summed E-state index contributed by atoms with van der Waals surface area (Å²) in [6.45, 7) is 1.25. The van der Waals surface area contributed by atoms with Gasteiger partial charge < -0.3 is 15.2 Å². The zero-order valence-electron chi connectivity index (χ0n) is 13.3. The molecule has 0 aliphatic carbocycles. The molecule has 0 heterocycles. The number of nitrogens with one attached hydrogen (secondary N) is 1. The predicted octanol–water partition coefficient (Wildman–Crippen LogP) is 4.25. The van der Waals surface area contributed by atoms with Gasteiger partial charge >= 0.3 is 12.1 Å². The number of ether oxygens (including phenoxy) is 1. The highest BCUT2D eigenvalue weighted by Gasteiger charge is 2.31. The van der Waals surface area contributed by atoms with E-state index in [-0.39, 0.29) is 22.0 Å². The highest BCUT2D eigenvalue weighted by atomic mass is 35.5. The summed E-state index contributed by atoms with van der Waals surface area (Å²) in [4.78, 5) is 24.0. The fourth-order valence-corrected chi connectivity index (χ4v) is 2.11. The Morgan fingerprint density at radius 2 is 1.88 bits per heavy atom. The van der Waals surface area contributed by atoms with Crippen molar-refractivity contribution in [2.45, 2.75) is 19.2 Å². The second-order valence-electron chi connectivity index (χ2n) is 5.28.